The van der Waals surface area contributed by atoms with Crippen molar-refractivity contribution in [2.45, 2.75) is 25.8 Å². The largest absolute Gasteiger partial charge is 0.481 e. The van der Waals surface area contributed by atoms with Crippen molar-refractivity contribution in [1.82, 2.24) is 4.90 Å². The number of nitrogens with one attached hydrogen (secondary N) is 1. The van der Waals surface area contributed by atoms with Crippen LogP contribution in [0.5, 0.6) is 0 Å². The van der Waals surface area contributed by atoms with Crippen molar-refractivity contribution in [2.75, 3.05) is 18.4 Å². The Morgan fingerprint density at radius 1 is 1.42 bits per heavy atom. The number of para-hydroxylation sites is 1. The van der Waals surface area contributed by atoms with E-state index in [-0.39, 0.29) is 24.9 Å². The lowest BCUT2D eigenvalue weighted by molar-refractivity contribution is -0.138. The van der Waals surface area contributed by atoms with Gasteiger partial charge in [-0.1, -0.05) is 18.2 Å². The average molecular weight is 262 g/mol. The number of carbonyl (C=O) groups is 2. The molecule has 1 amide bonds. The van der Waals surface area contributed by atoms with E-state index in [1.54, 1.807) is 4.90 Å². The summed E-state index contributed by atoms with van der Waals surface area (Å²) in [6.45, 7) is 2.65. The fraction of sp³-hybridized carbons (Fsp3) is 0.429. The molecule has 1 heterocycles. The van der Waals surface area contributed by atoms with Crippen LogP contribution in [0, 0.1) is 0 Å². The van der Waals surface area contributed by atoms with Crippen molar-refractivity contribution in [3.63, 3.8) is 0 Å². The molecule has 19 heavy (non-hydrogen) atoms. The highest BCUT2D eigenvalue weighted by Crippen LogP contribution is 2.25. The van der Waals surface area contributed by atoms with E-state index < -0.39 is 5.97 Å². The maximum Gasteiger partial charge on any atom is 0.305 e. The Bertz CT molecular complexity index is 462. The smallest absolute Gasteiger partial charge is 0.305 e. The summed E-state index contributed by atoms with van der Waals surface area (Å²) in [6, 6.07) is 7.57. The van der Waals surface area contributed by atoms with Crippen LogP contribution in [0.4, 0.5) is 5.69 Å². The van der Waals surface area contributed by atoms with E-state index in [9.17, 15) is 9.59 Å². The van der Waals surface area contributed by atoms with Gasteiger partial charge in [-0.25, -0.2) is 0 Å². The molecule has 1 aromatic rings. The minimum atomic E-state index is -0.881. The highest BCUT2D eigenvalue weighted by molar-refractivity contribution is 5.87. The summed E-state index contributed by atoms with van der Waals surface area (Å²) in [6.07, 6.45) is 0.651. The van der Waals surface area contributed by atoms with Gasteiger partial charge in [-0.15, -0.1) is 0 Å². The maximum absolute atomic E-state index is 12.3. The zero-order chi connectivity index (χ0) is 13.8. The van der Waals surface area contributed by atoms with E-state index in [1.165, 1.54) is 0 Å². The van der Waals surface area contributed by atoms with Gasteiger partial charge >= 0.3 is 5.97 Å². The van der Waals surface area contributed by atoms with Crippen molar-refractivity contribution in [3.05, 3.63) is 29.8 Å². The molecule has 0 spiro atoms. The Labute approximate surface area is 112 Å². The third-order valence-electron chi connectivity index (χ3n) is 3.36. The van der Waals surface area contributed by atoms with Crippen molar-refractivity contribution < 1.29 is 14.7 Å². The molecule has 0 aromatic heterocycles. The van der Waals surface area contributed by atoms with Gasteiger partial charge in [0, 0.05) is 25.2 Å². The zero-order valence-electron chi connectivity index (χ0n) is 10.9. The number of fused-ring (bicyclic) bond motifs is 1. The van der Waals surface area contributed by atoms with E-state index in [1.807, 2.05) is 31.2 Å². The number of likely N-dealkylation sites (N-methyl/N-ethyl adjacent to an activating group) is 1. The first-order valence-electron chi connectivity index (χ1n) is 6.47. The van der Waals surface area contributed by atoms with Gasteiger partial charge in [0.15, 0.2) is 0 Å². The summed E-state index contributed by atoms with van der Waals surface area (Å²) in [4.78, 5) is 24.5. The molecule has 2 N–H and O–H groups in total. The van der Waals surface area contributed by atoms with E-state index in [0.29, 0.717) is 13.0 Å². The second-order valence-electron chi connectivity index (χ2n) is 4.62. The summed E-state index contributed by atoms with van der Waals surface area (Å²) in [5.74, 6) is -0.908. The molecule has 1 aliphatic rings. The molecule has 0 saturated carbocycles. The van der Waals surface area contributed by atoms with Crippen LogP contribution in [0.3, 0.4) is 0 Å². The standard InChI is InChI=1S/C14H18N2O3/c1-2-16(8-7-13(17)18)14(19)12-9-10-5-3-4-6-11(10)15-12/h3-6,12,15H,2,7-9H2,1H3,(H,17,18)/t12-/m0/s1. The lowest BCUT2D eigenvalue weighted by atomic mass is 10.1. The summed E-state index contributed by atoms with van der Waals surface area (Å²) in [7, 11) is 0. The number of anilines is 1. The van der Waals surface area contributed by atoms with Crippen LogP contribution < -0.4 is 5.32 Å². The molecular formula is C14H18N2O3. The van der Waals surface area contributed by atoms with Gasteiger partial charge in [0.1, 0.15) is 6.04 Å². The normalized spacial score (nSPS) is 16.6. The molecule has 0 unspecified atom stereocenters. The second-order valence-corrected chi connectivity index (χ2v) is 4.62. The van der Waals surface area contributed by atoms with Crippen molar-refractivity contribution in [3.8, 4) is 0 Å². The van der Waals surface area contributed by atoms with E-state index in [4.69, 9.17) is 5.11 Å². The molecule has 1 aromatic carbocycles. The number of benzene rings is 1. The highest BCUT2D eigenvalue weighted by Gasteiger charge is 2.29. The fourth-order valence-electron chi connectivity index (χ4n) is 2.32. The number of aliphatic carboxylic acids is 1. The molecular weight excluding hydrogens is 244 g/mol. The monoisotopic (exact) mass is 262 g/mol. The minimum absolute atomic E-state index is 0.0146. The molecule has 5 nitrogen and oxygen atoms in total. The Balaban J connectivity index is 1.99. The van der Waals surface area contributed by atoms with Gasteiger partial charge in [0.05, 0.1) is 6.42 Å². The predicted octanol–water partition coefficient (Wildman–Crippen LogP) is 1.35. The van der Waals surface area contributed by atoms with Crippen LogP contribution in [0.2, 0.25) is 0 Å². The quantitative estimate of drug-likeness (QED) is 0.840. The van der Waals surface area contributed by atoms with Gasteiger partial charge in [-0.2, -0.15) is 0 Å². The number of carboxylic acids is 1. The van der Waals surface area contributed by atoms with Gasteiger partial charge in [-0.05, 0) is 18.6 Å². The lowest BCUT2D eigenvalue weighted by Gasteiger charge is -2.23. The van der Waals surface area contributed by atoms with Crippen LogP contribution in [0.1, 0.15) is 18.9 Å². The van der Waals surface area contributed by atoms with E-state index in [0.717, 1.165) is 11.3 Å². The first kappa shape index (κ1) is 13.4. The molecule has 1 aliphatic heterocycles. The third-order valence-corrected chi connectivity index (χ3v) is 3.36. The topological polar surface area (TPSA) is 69.6 Å². The Kier molecular flexibility index (Phi) is 4.04. The number of amides is 1. The molecule has 2 rings (SSSR count). The molecule has 1 atom stereocenters. The van der Waals surface area contributed by atoms with Gasteiger partial charge < -0.3 is 15.3 Å². The molecule has 0 aliphatic carbocycles. The molecule has 5 heteroatoms. The van der Waals surface area contributed by atoms with Gasteiger partial charge in [0.25, 0.3) is 0 Å². The molecule has 0 saturated heterocycles. The second kappa shape index (κ2) is 5.73. The minimum Gasteiger partial charge on any atom is -0.481 e. The summed E-state index contributed by atoms with van der Waals surface area (Å²) in [5, 5.41) is 11.9. The van der Waals surface area contributed by atoms with Crippen molar-refractivity contribution in [1.29, 1.82) is 0 Å². The fourth-order valence-corrected chi connectivity index (χ4v) is 2.32. The summed E-state index contributed by atoms with van der Waals surface area (Å²) in [5.41, 5.74) is 2.13. The van der Waals surface area contributed by atoms with Crippen LogP contribution in [-0.4, -0.2) is 41.0 Å². The SMILES string of the molecule is CCN(CCC(=O)O)C(=O)[C@@H]1Cc2ccccc2N1. The average Bonchev–Trinajstić information content (AvgIpc) is 2.82. The van der Waals surface area contributed by atoms with Gasteiger partial charge in [-0.3, -0.25) is 9.59 Å². The van der Waals surface area contributed by atoms with Crippen molar-refractivity contribution in [2.24, 2.45) is 0 Å². The Morgan fingerprint density at radius 2 is 2.16 bits per heavy atom. The molecule has 0 bridgehead atoms. The lowest BCUT2D eigenvalue weighted by Crippen LogP contribution is -2.42. The third kappa shape index (κ3) is 3.05. The van der Waals surface area contributed by atoms with E-state index >= 15 is 0 Å². The number of nitrogens with zero attached hydrogens (tertiary/aromatic N) is 1. The Hall–Kier alpha value is -2.04. The first-order chi connectivity index (χ1) is 9.11. The summed E-state index contributed by atoms with van der Waals surface area (Å²) < 4.78 is 0. The molecule has 0 fully saturated rings. The first-order valence-corrected chi connectivity index (χ1v) is 6.47. The number of rotatable bonds is 5. The highest BCUT2D eigenvalue weighted by atomic mass is 16.4. The number of carbonyl (C=O) groups excluding carboxylic acids is 1. The number of carboxylic acid groups (broad SMARTS) is 1. The number of hydrogen-bond donors (Lipinski definition) is 2. The molecule has 102 valence electrons. The summed E-state index contributed by atoms with van der Waals surface area (Å²) >= 11 is 0. The zero-order valence-corrected chi connectivity index (χ0v) is 10.9. The van der Waals surface area contributed by atoms with Crippen LogP contribution in [-0.2, 0) is 16.0 Å². The van der Waals surface area contributed by atoms with Crippen LogP contribution in [0.25, 0.3) is 0 Å². The van der Waals surface area contributed by atoms with Gasteiger partial charge in [0.2, 0.25) is 5.91 Å². The molecule has 0 radical (unpaired) electrons. The van der Waals surface area contributed by atoms with E-state index in [2.05, 4.69) is 5.32 Å². The van der Waals surface area contributed by atoms with Crippen LogP contribution in [0.15, 0.2) is 24.3 Å². The van der Waals surface area contributed by atoms with Crippen molar-refractivity contribution >= 4 is 17.6 Å². The predicted molar refractivity (Wildman–Crippen MR) is 72.1 cm³/mol. The maximum atomic E-state index is 12.3. The number of hydrogen-bond acceptors (Lipinski definition) is 3. The Morgan fingerprint density at radius 3 is 2.79 bits per heavy atom. The van der Waals surface area contributed by atoms with Crippen LogP contribution >= 0.6 is 0 Å².